The van der Waals surface area contributed by atoms with Gasteiger partial charge < -0.3 is 4.74 Å². The number of ether oxygens (including phenoxy) is 1. The van der Waals surface area contributed by atoms with E-state index in [2.05, 4.69) is 0 Å². The molecule has 33 heavy (non-hydrogen) atoms. The minimum atomic E-state index is -0.767. The monoisotopic (exact) mass is 484 g/mol. The van der Waals surface area contributed by atoms with Crippen molar-refractivity contribution in [1.82, 2.24) is 0 Å². The zero-order chi connectivity index (χ0) is 23.9. The minimum Gasteiger partial charge on any atom is -0.457 e. The molecule has 3 aromatic rings. The van der Waals surface area contributed by atoms with Gasteiger partial charge in [-0.1, -0.05) is 41.4 Å². The molecule has 0 radical (unpaired) electrons. The smallest absolute Gasteiger partial charge is 0.338 e. The van der Waals surface area contributed by atoms with Gasteiger partial charge in [0, 0.05) is 6.07 Å². The summed E-state index contributed by atoms with van der Waals surface area (Å²) in [5.74, 6) is -1.96. The summed E-state index contributed by atoms with van der Waals surface area (Å²) < 4.78 is 5.24. The zero-order valence-corrected chi connectivity index (χ0v) is 18.5. The Morgan fingerprint density at radius 3 is 2.21 bits per heavy atom. The van der Waals surface area contributed by atoms with Crippen LogP contribution in [-0.4, -0.2) is 22.7 Å². The van der Waals surface area contributed by atoms with Gasteiger partial charge in [0.2, 0.25) is 0 Å². The number of imide groups is 1. The number of amides is 2. The van der Waals surface area contributed by atoms with Crippen LogP contribution in [0.15, 0.2) is 54.6 Å². The molecule has 4 rings (SSSR count). The molecule has 1 aliphatic heterocycles. The van der Waals surface area contributed by atoms with E-state index in [0.717, 1.165) is 4.90 Å². The van der Waals surface area contributed by atoms with Gasteiger partial charge >= 0.3 is 5.97 Å². The maximum absolute atomic E-state index is 12.9. The SMILES string of the molecule is Cc1ccc(C(=O)OCc2ccccc2[N+](=O)[O-])cc1N1C(=O)c2cc(Cl)c(Cl)cc2C1=O. The van der Waals surface area contributed by atoms with E-state index < -0.39 is 22.7 Å². The number of rotatable bonds is 5. The van der Waals surface area contributed by atoms with Crippen molar-refractivity contribution in [2.24, 2.45) is 0 Å². The summed E-state index contributed by atoms with van der Waals surface area (Å²) in [4.78, 5) is 50.0. The number of aryl methyl sites for hydroxylation is 1. The third kappa shape index (κ3) is 4.06. The maximum Gasteiger partial charge on any atom is 0.338 e. The minimum absolute atomic E-state index is 0.0711. The van der Waals surface area contributed by atoms with Crippen molar-refractivity contribution in [3.05, 3.63) is 103 Å². The normalized spacial score (nSPS) is 12.6. The van der Waals surface area contributed by atoms with Crippen molar-refractivity contribution in [1.29, 1.82) is 0 Å². The molecule has 0 atom stereocenters. The molecule has 2 amide bonds. The lowest BCUT2D eigenvalue weighted by molar-refractivity contribution is -0.385. The average molecular weight is 485 g/mol. The molecule has 1 aliphatic rings. The first-order valence-corrected chi connectivity index (χ1v) is 10.3. The second-order valence-electron chi connectivity index (χ2n) is 7.22. The van der Waals surface area contributed by atoms with E-state index >= 15 is 0 Å². The van der Waals surface area contributed by atoms with E-state index in [1.165, 1.54) is 42.5 Å². The topological polar surface area (TPSA) is 107 Å². The number of carbonyl (C=O) groups is 3. The predicted molar refractivity (Wildman–Crippen MR) is 121 cm³/mol. The van der Waals surface area contributed by atoms with Gasteiger partial charge in [-0.15, -0.1) is 0 Å². The van der Waals surface area contributed by atoms with E-state index in [4.69, 9.17) is 27.9 Å². The molecule has 1 heterocycles. The number of carbonyl (C=O) groups excluding carboxylic acids is 3. The Balaban J connectivity index is 1.61. The number of para-hydroxylation sites is 1. The van der Waals surface area contributed by atoms with Crippen molar-refractivity contribution < 1.29 is 24.0 Å². The first-order chi connectivity index (χ1) is 15.7. The van der Waals surface area contributed by atoms with Crippen LogP contribution in [0.2, 0.25) is 10.0 Å². The van der Waals surface area contributed by atoms with Gasteiger partial charge in [-0.3, -0.25) is 19.7 Å². The van der Waals surface area contributed by atoms with Crippen LogP contribution in [0.3, 0.4) is 0 Å². The van der Waals surface area contributed by atoms with Crippen molar-refractivity contribution in [2.75, 3.05) is 4.90 Å². The van der Waals surface area contributed by atoms with E-state index in [0.29, 0.717) is 5.56 Å². The second kappa shape index (κ2) is 8.65. The summed E-state index contributed by atoms with van der Waals surface area (Å²) in [5, 5.41) is 11.4. The van der Waals surface area contributed by atoms with Crippen molar-refractivity contribution in [2.45, 2.75) is 13.5 Å². The number of hydrogen-bond acceptors (Lipinski definition) is 6. The molecule has 0 fully saturated rings. The number of nitro benzene ring substituents is 1. The number of hydrogen-bond donors (Lipinski definition) is 0. The predicted octanol–water partition coefficient (Wildman–Crippen LogP) is 5.37. The summed E-state index contributed by atoms with van der Waals surface area (Å²) in [6.07, 6.45) is 0. The first kappa shape index (κ1) is 22.4. The van der Waals surface area contributed by atoms with Crippen molar-refractivity contribution in [3.63, 3.8) is 0 Å². The molecule has 8 nitrogen and oxygen atoms in total. The lowest BCUT2D eigenvalue weighted by Gasteiger charge is -2.17. The fourth-order valence-electron chi connectivity index (χ4n) is 3.47. The summed E-state index contributed by atoms with van der Waals surface area (Å²) >= 11 is 12.0. The van der Waals surface area contributed by atoms with Gasteiger partial charge in [0.05, 0.1) is 42.9 Å². The van der Waals surface area contributed by atoms with Gasteiger partial charge in [-0.2, -0.15) is 0 Å². The molecule has 0 aromatic heterocycles. The summed E-state index contributed by atoms with van der Waals surface area (Å²) in [6, 6.07) is 13.0. The number of esters is 1. The Kier molecular flexibility index (Phi) is 5.88. The van der Waals surface area contributed by atoms with Gasteiger partial charge in [-0.25, -0.2) is 9.69 Å². The largest absolute Gasteiger partial charge is 0.457 e. The third-order valence-corrected chi connectivity index (χ3v) is 5.88. The van der Waals surface area contributed by atoms with E-state index in [-0.39, 0.29) is 50.3 Å². The standard InChI is InChI=1S/C23H14Cl2N2O6/c1-12-6-7-13(23(30)33-11-14-4-2-3-5-19(14)27(31)32)8-20(12)26-21(28)15-9-17(24)18(25)10-16(15)22(26)29/h2-10H,11H2,1H3. The molecular weight excluding hydrogens is 471 g/mol. The van der Waals surface area contributed by atoms with Crippen LogP contribution in [0.25, 0.3) is 0 Å². The van der Waals surface area contributed by atoms with Crippen molar-refractivity contribution in [3.8, 4) is 0 Å². The Morgan fingerprint density at radius 1 is 1.00 bits per heavy atom. The summed E-state index contributed by atoms with van der Waals surface area (Å²) in [6.45, 7) is 1.37. The molecular formula is C23H14Cl2N2O6. The molecule has 0 saturated heterocycles. The molecule has 0 unspecified atom stereocenters. The fourth-order valence-corrected chi connectivity index (χ4v) is 3.79. The van der Waals surface area contributed by atoms with E-state index in [1.54, 1.807) is 19.1 Å². The van der Waals surface area contributed by atoms with Crippen LogP contribution in [0.4, 0.5) is 11.4 Å². The number of halogens is 2. The average Bonchev–Trinajstić information content (AvgIpc) is 3.02. The Hall–Kier alpha value is -3.75. The van der Waals surface area contributed by atoms with Crippen LogP contribution in [0.5, 0.6) is 0 Å². The lowest BCUT2D eigenvalue weighted by Crippen LogP contribution is -2.30. The lowest BCUT2D eigenvalue weighted by atomic mass is 10.1. The molecule has 0 aliphatic carbocycles. The third-order valence-electron chi connectivity index (χ3n) is 5.16. The van der Waals surface area contributed by atoms with Gasteiger partial charge in [-0.05, 0) is 42.8 Å². The summed E-state index contributed by atoms with van der Waals surface area (Å²) in [7, 11) is 0. The molecule has 166 valence electrons. The number of anilines is 1. The number of benzene rings is 3. The van der Waals surface area contributed by atoms with Crippen LogP contribution in [0, 0.1) is 17.0 Å². The number of nitro groups is 1. The first-order valence-electron chi connectivity index (χ1n) is 9.57. The molecule has 0 N–H and O–H groups in total. The highest BCUT2D eigenvalue weighted by Gasteiger charge is 2.38. The highest BCUT2D eigenvalue weighted by Crippen LogP contribution is 2.35. The van der Waals surface area contributed by atoms with Crippen LogP contribution in [0.1, 0.15) is 42.2 Å². The number of fused-ring (bicyclic) bond motifs is 1. The molecule has 3 aromatic carbocycles. The Labute approximate surface area is 197 Å². The van der Waals surface area contributed by atoms with E-state index in [1.807, 2.05) is 0 Å². The van der Waals surface area contributed by atoms with E-state index in [9.17, 15) is 24.5 Å². The maximum atomic E-state index is 12.9. The fraction of sp³-hybridized carbons (Fsp3) is 0.0870. The van der Waals surface area contributed by atoms with Crippen LogP contribution < -0.4 is 4.90 Å². The zero-order valence-electron chi connectivity index (χ0n) is 17.0. The Morgan fingerprint density at radius 2 is 1.61 bits per heavy atom. The second-order valence-corrected chi connectivity index (χ2v) is 8.04. The summed E-state index contributed by atoms with van der Waals surface area (Å²) in [5.41, 5.74) is 1.12. The highest BCUT2D eigenvalue weighted by molar-refractivity contribution is 6.44. The number of nitrogens with zero attached hydrogens (tertiary/aromatic N) is 2. The molecule has 0 spiro atoms. The Bertz CT molecular complexity index is 1310. The van der Waals surface area contributed by atoms with Gasteiger partial charge in [0.1, 0.15) is 6.61 Å². The highest BCUT2D eigenvalue weighted by atomic mass is 35.5. The molecule has 10 heteroatoms. The van der Waals surface area contributed by atoms with Crippen LogP contribution in [-0.2, 0) is 11.3 Å². The van der Waals surface area contributed by atoms with Gasteiger partial charge in [0.25, 0.3) is 17.5 Å². The van der Waals surface area contributed by atoms with Gasteiger partial charge in [0.15, 0.2) is 0 Å². The quantitative estimate of drug-likeness (QED) is 0.208. The molecule has 0 saturated carbocycles. The van der Waals surface area contributed by atoms with Crippen LogP contribution >= 0.6 is 23.2 Å². The van der Waals surface area contributed by atoms with Crippen molar-refractivity contribution >= 4 is 52.4 Å². The molecule has 0 bridgehead atoms.